The predicted octanol–water partition coefficient (Wildman–Crippen LogP) is 12.8. The second-order valence-corrected chi connectivity index (χ2v) is 19.4. The van der Waals surface area contributed by atoms with Gasteiger partial charge in [0.05, 0.1) is 11.0 Å². The summed E-state index contributed by atoms with van der Waals surface area (Å²) in [6, 6.07) is 48.7. The minimum Gasteiger partial charge on any atom is -0.456 e. The highest BCUT2D eigenvalue weighted by Crippen LogP contribution is 2.54. The fraction of sp³-hybridized carbons (Fsp3) is 0.208. The topological polar surface area (TPSA) is 21.3 Å². The summed E-state index contributed by atoms with van der Waals surface area (Å²) in [4.78, 5) is 2.69. The van der Waals surface area contributed by atoms with E-state index < -0.39 is 0 Å². The third-order valence-electron chi connectivity index (χ3n) is 13.7. The molecule has 0 N–H and O–H groups in total. The molecule has 3 nitrogen and oxygen atoms in total. The van der Waals surface area contributed by atoms with Crippen LogP contribution in [0.3, 0.4) is 0 Å². The van der Waals surface area contributed by atoms with Crippen molar-refractivity contribution in [1.82, 2.24) is 4.57 Å². The first kappa shape index (κ1) is 33.2. The van der Waals surface area contributed by atoms with Crippen molar-refractivity contribution in [3.05, 3.63) is 150 Å². The zero-order valence-electron chi connectivity index (χ0n) is 34.0. The number of hydrogen-bond donors (Lipinski definition) is 0. The van der Waals surface area contributed by atoms with Crippen molar-refractivity contribution < 1.29 is 4.42 Å². The average molecular weight is 737 g/mol. The van der Waals surface area contributed by atoms with E-state index in [1.165, 1.54) is 99.7 Å². The second kappa shape index (κ2) is 10.7. The van der Waals surface area contributed by atoms with E-state index in [0.29, 0.717) is 0 Å². The van der Waals surface area contributed by atoms with Gasteiger partial charge >= 0.3 is 6.85 Å². The van der Waals surface area contributed by atoms with Gasteiger partial charge in [0.1, 0.15) is 11.2 Å². The Morgan fingerprint density at radius 1 is 0.544 bits per heavy atom. The normalized spacial score (nSPS) is 15.1. The van der Waals surface area contributed by atoms with E-state index in [-0.39, 0.29) is 23.1 Å². The van der Waals surface area contributed by atoms with E-state index in [1.54, 1.807) is 0 Å². The fourth-order valence-electron chi connectivity index (χ4n) is 10.8. The Kier molecular flexibility index (Phi) is 6.22. The van der Waals surface area contributed by atoms with Crippen LogP contribution in [0.15, 0.2) is 132 Å². The molecule has 0 fully saturated rings. The molecule has 0 spiro atoms. The number of anilines is 2. The third-order valence-corrected chi connectivity index (χ3v) is 13.7. The quantitative estimate of drug-likeness (QED) is 0.157. The van der Waals surface area contributed by atoms with Crippen molar-refractivity contribution >= 4 is 72.9 Å². The van der Waals surface area contributed by atoms with Gasteiger partial charge in [-0.05, 0) is 109 Å². The zero-order chi connectivity index (χ0) is 38.9. The highest BCUT2D eigenvalue weighted by atomic mass is 16.3. The first-order valence-electron chi connectivity index (χ1n) is 20.6. The van der Waals surface area contributed by atoms with Gasteiger partial charge < -0.3 is 13.8 Å². The molecule has 2 aliphatic heterocycles. The zero-order valence-corrected chi connectivity index (χ0v) is 34.0. The van der Waals surface area contributed by atoms with Crippen LogP contribution in [-0.4, -0.2) is 11.4 Å². The summed E-state index contributed by atoms with van der Waals surface area (Å²) in [7, 11) is 0. The number of benzene rings is 7. The SMILES string of the molecule is CC(C)(C)c1ccc(N2B3c4cc(C(C)(C)C)ccc4-n4c5ccc6oc7ccccc7c6c5c5ccc(c3c54)-c3cc4c(cc32)-c2ccccc2C4(C)C)cc1. The molecule has 0 amide bonds. The molecule has 57 heavy (non-hydrogen) atoms. The Morgan fingerprint density at radius 3 is 2.07 bits per heavy atom. The van der Waals surface area contributed by atoms with E-state index in [1.807, 2.05) is 0 Å². The molecule has 276 valence electrons. The number of fused-ring (bicyclic) bond motifs is 15. The lowest BCUT2D eigenvalue weighted by Crippen LogP contribution is -2.60. The van der Waals surface area contributed by atoms with Gasteiger partial charge in [-0.1, -0.05) is 134 Å². The summed E-state index contributed by atoms with van der Waals surface area (Å²) in [5.41, 5.74) is 21.5. The average Bonchev–Trinajstić information content (AvgIpc) is 3.81. The molecular weight excluding hydrogens is 691 g/mol. The lowest BCUT2D eigenvalue weighted by molar-refractivity contribution is 0.590. The summed E-state index contributed by atoms with van der Waals surface area (Å²) in [5.74, 6) is 0. The summed E-state index contributed by atoms with van der Waals surface area (Å²) < 4.78 is 9.11. The molecule has 4 heterocycles. The molecule has 0 bridgehead atoms. The number of furan rings is 1. The van der Waals surface area contributed by atoms with E-state index in [9.17, 15) is 0 Å². The van der Waals surface area contributed by atoms with Crippen LogP contribution in [-0.2, 0) is 16.2 Å². The standard InChI is InChI=1S/C53H45BN2O/c1-51(2,3)30-17-20-32(21-18-30)56-44-29-37-33-13-9-11-15-39(33)53(7,8)40(37)28-38(44)34-22-23-36-47-43(25-26-46-48(47)35-14-10-12-16-45(35)57-46)55-42-24-19-31(52(4,5)6)27-41(42)54(56)49(34)50(36)55/h9-29H,1-8H3. The van der Waals surface area contributed by atoms with Crippen LogP contribution in [0.1, 0.15) is 77.6 Å². The van der Waals surface area contributed by atoms with Crippen molar-refractivity contribution in [3.8, 4) is 27.9 Å². The molecule has 7 aromatic carbocycles. The predicted molar refractivity (Wildman–Crippen MR) is 242 cm³/mol. The number of hydrogen-bond acceptors (Lipinski definition) is 2. The van der Waals surface area contributed by atoms with Crippen LogP contribution >= 0.6 is 0 Å². The molecular formula is C53H45BN2O. The highest BCUT2D eigenvalue weighted by Gasteiger charge is 2.46. The van der Waals surface area contributed by atoms with Crippen LogP contribution in [0.4, 0.5) is 11.4 Å². The van der Waals surface area contributed by atoms with Crippen molar-refractivity contribution in [1.29, 1.82) is 0 Å². The van der Waals surface area contributed by atoms with Crippen molar-refractivity contribution in [2.45, 2.75) is 71.6 Å². The van der Waals surface area contributed by atoms with Crippen LogP contribution < -0.4 is 15.7 Å². The number of aromatic nitrogens is 1. The number of nitrogens with zero attached hydrogens (tertiary/aromatic N) is 2. The Bertz CT molecular complexity index is 3230. The first-order valence-corrected chi connectivity index (χ1v) is 20.6. The maximum absolute atomic E-state index is 6.52. The van der Waals surface area contributed by atoms with Crippen LogP contribution in [0, 0.1) is 0 Å². The Labute approximate surface area is 334 Å². The largest absolute Gasteiger partial charge is 0.456 e. The summed E-state index contributed by atoms with van der Waals surface area (Å²) >= 11 is 0. The van der Waals surface area contributed by atoms with Gasteiger partial charge in [-0.25, -0.2) is 0 Å². The second-order valence-electron chi connectivity index (χ2n) is 19.4. The molecule has 0 unspecified atom stereocenters. The first-order chi connectivity index (χ1) is 27.3. The van der Waals surface area contributed by atoms with Gasteiger partial charge in [-0.15, -0.1) is 0 Å². The molecule has 0 atom stereocenters. The number of para-hydroxylation sites is 1. The van der Waals surface area contributed by atoms with Crippen molar-refractivity contribution in [3.63, 3.8) is 0 Å². The molecule has 0 radical (unpaired) electrons. The smallest absolute Gasteiger partial charge is 0.333 e. The Morgan fingerprint density at radius 2 is 1.28 bits per heavy atom. The summed E-state index contributed by atoms with van der Waals surface area (Å²) in [6.45, 7) is 18.7. The Hall–Kier alpha value is -6.00. The maximum atomic E-state index is 6.52. The molecule has 4 heteroatoms. The summed E-state index contributed by atoms with van der Waals surface area (Å²) in [5, 5.41) is 4.90. The molecule has 12 rings (SSSR count). The summed E-state index contributed by atoms with van der Waals surface area (Å²) in [6.07, 6.45) is 0. The maximum Gasteiger partial charge on any atom is 0.333 e. The van der Waals surface area contributed by atoms with Crippen molar-refractivity contribution in [2.24, 2.45) is 0 Å². The van der Waals surface area contributed by atoms with Crippen LogP contribution in [0.2, 0.25) is 0 Å². The molecule has 2 aromatic heterocycles. The van der Waals surface area contributed by atoms with Gasteiger partial charge in [-0.3, -0.25) is 0 Å². The van der Waals surface area contributed by atoms with E-state index in [0.717, 1.165) is 16.6 Å². The van der Waals surface area contributed by atoms with Gasteiger partial charge in [0.25, 0.3) is 0 Å². The van der Waals surface area contributed by atoms with Crippen LogP contribution in [0.25, 0.3) is 71.7 Å². The number of rotatable bonds is 1. The monoisotopic (exact) mass is 736 g/mol. The molecule has 9 aromatic rings. The van der Waals surface area contributed by atoms with E-state index >= 15 is 0 Å². The molecule has 3 aliphatic rings. The van der Waals surface area contributed by atoms with E-state index in [4.69, 9.17) is 4.42 Å². The van der Waals surface area contributed by atoms with E-state index in [2.05, 4.69) is 192 Å². The molecule has 1 aliphatic carbocycles. The highest BCUT2D eigenvalue weighted by molar-refractivity contribution is 6.93. The van der Waals surface area contributed by atoms with Gasteiger partial charge in [0, 0.05) is 49.6 Å². The molecule has 0 saturated carbocycles. The lowest BCUT2D eigenvalue weighted by atomic mass is 9.43. The van der Waals surface area contributed by atoms with Crippen molar-refractivity contribution in [2.75, 3.05) is 4.81 Å². The minimum atomic E-state index is -0.116. The molecule has 0 saturated heterocycles. The van der Waals surface area contributed by atoms with Crippen LogP contribution in [0.5, 0.6) is 0 Å². The van der Waals surface area contributed by atoms with Gasteiger partial charge in [0.2, 0.25) is 0 Å². The minimum absolute atomic E-state index is 0.0212. The fourth-order valence-corrected chi connectivity index (χ4v) is 10.8. The Balaban J connectivity index is 1.26. The van der Waals surface area contributed by atoms with Gasteiger partial charge in [0.15, 0.2) is 0 Å². The third kappa shape index (κ3) is 4.23. The van der Waals surface area contributed by atoms with Gasteiger partial charge in [-0.2, -0.15) is 0 Å². The lowest BCUT2D eigenvalue weighted by Gasteiger charge is -2.43.